The Morgan fingerprint density at radius 3 is 2.17 bits per heavy atom. The molecule has 0 aromatic heterocycles. The third-order valence-electron chi connectivity index (χ3n) is 4.85. The van der Waals surface area contributed by atoms with Crippen molar-refractivity contribution in [2.45, 2.75) is 59.8 Å². The highest BCUT2D eigenvalue weighted by Gasteiger charge is 2.39. The van der Waals surface area contributed by atoms with Crippen LogP contribution in [-0.2, 0) is 9.59 Å². The Morgan fingerprint density at radius 1 is 0.875 bits per heavy atom. The average molecular weight is 415 g/mol. The number of carbonyl (C=O) groups is 2. The molecule has 138 valence electrons. The smallest absolute Gasteiger partial charge is 0.307 e. The van der Waals surface area contributed by atoms with E-state index in [1.165, 1.54) is 0 Å². The van der Waals surface area contributed by atoms with Gasteiger partial charge in [-0.3, -0.25) is 9.59 Å². The number of hydrogen-bond acceptors (Lipinski definition) is 4. The van der Waals surface area contributed by atoms with E-state index in [0.29, 0.717) is 18.1 Å². The van der Waals surface area contributed by atoms with Crippen molar-refractivity contribution in [3.05, 3.63) is 0 Å². The summed E-state index contributed by atoms with van der Waals surface area (Å²) in [4.78, 5) is 22.5. The predicted octanol–water partition coefficient (Wildman–Crippen LogP) is 4.17. The third kappa shape index (κ3) is 5.89. The number of hydrogen-bond donors (Lipinski definition) is 2. The van der Waals surface area contributed by atoms with Crippen LogP contribution in [0.1, 0.15) is 38.5 Å². The van der Waals surface area contributed by atoms with Crippen LogP contribution in [0.15, 0.2) is 0 Å². The van der Waals surface area contributed by atoms with Crippen LogP contribution in [0.2, 0.25) is 0 Å². The zero-order valence-corrected chi connectivity index (χ0v) is 16.5. The molecule has 0 spiro atoms. The van der Waals surface area contributed by atoms with Crippen LogP contribution in [0, 0.1) is 11.8 Å². The van der Waals surface area contributed by atoms with E-state index in [4.69, 9.17) is 28.3 Å². The molecule has 0 amide bonds. The first-order valence-electron chi connectivity index (χ1n) is 8.35. The number of aliphatic carboxylic acids is 2. The van der Waals surface area contributed by atoms with Crippen LogP contribution in [0.4, 0.5) is 0 Å². The van der Waals surface area contributed by atoms with Gasteiger partial charge in [-0.1, -0.05) is 0 Å². The molecular weight excluding hydrogens is 391 g/mol. The topological polar surface area (TPSA) is 74.6 Å². The first-order chi connectivity index (χ1) is 11.4. The van der Waals surface area contributed by atoms with E-state index in [9.17, 15) is 14.7 Å². The second-order valence-corrected chi connectivity index (χ2v) is 10.5. The lowest BCUT2D eigenvalue weighted by Gasteiger charge is -2.31. The zero-order valence-electron chi connectivity index (χ0n) is 13.4. The second-order valence-electron chi connectivity index (χ2n) is 6.53. The van der Waals surface area contributed by atoms with Crippen molar-refractivity contribution in [2.24, 2.45) is 11.8 Å². The Labute approximate surface area is 161 Å². The Kier molecular flexibility index (Phi) is 8.38. The molecule has 2 N–H and O–H groups in total. The number of alkyl halides is 2. The molecule has 24 heavy (non-hydrogen) atoms. The Morgan fingerprint density at radius 2 is 1.54 bits per heavy atom. The molecule has 4 nitrogen and oxygen atoms in total. The molecule has 2 saturated carbocycles. The maximum Gasteiger partial charge on any atom is 0.307 e. The fourth-order valence-corrected chi connectivity index (χ4v) is 7.14. The summed E-state index contributed by atoms with van der Waals surface area (Å²) in [6.07, 6.45) is 4.65. The maximum atomic E-state index is 11.3. The average Bonchev–Trinajstić information content (AvgIpc) is 2.52. The minimum absolute atomic E-state index is 0.138. The van der Waals surface area contributed by atoms with Crippen LogP contribution < -0.4 is 0 Å². The Bertz CT molecular complexity index is 452. The summed E-state index contributed by atoms with van der Waals surface area (Å²) in [5.41, 5.74) is 0. The van der Waals surface area contributed by atoms with Crippen molar-refractivity contribution >= 4 is 58.7 Å². The summed E-state index contributed by atoms with van der Waals surface area (Å²) in [6, 6.07) is 0. The fraction of sp³-hybridized carbons (Fsp3) is 0.875. The predicted molar refractivity (Wildman–Crippen MR) is 102 cm³/mol. The number of rotatable bonds is 7. The van der Waals surface area contributed by atoms with Crippen molar-refractivity contribution in [3.63, 3.8) is 0 Å². The van der Waals surface area contributed by atoms with Crippen molar-refractivity contribution in [3.8, 4) is 0 Å². The Balaban J connectivity index is 1.69. The lowest BCUT2D eigenvalue weighted by Crippen LogP contribution is -2.36. The summed E-state index contributed by atoms with van der Waals surface area (Å²) in [6.45, 7) is 0. The van der Waals surface area contributed by atoms with E-state index in [0.717, 1.165) is 37.2 Å². The molecule has 0 aliphatic heterocycles. The SMILES string of the molecule is O=C(O)C1CCC(SCCSC2CCC(Cl)CC2Cl)CC1C(=O)O. The fourth-order valence-electron chi connectivity index (χ4n) is 3.49. The van der Waals surface area contributed by atoms with E-state index < -0.39 is 23.8 Å². The van der Waals surface area contributed by atoms with Crippen LogP contribution >= 0.6 is 46.7 Å². The molecule has 6 atom stereocenters. The normalized spacial score (nSPS) is 37.1. The van der Waals surface area contributed by atoms with Gasteiger partial charge < -0.3 is 10.2 Å². The quantitative estimate of drug-likeness (QED) is 0.480. The molecule has 0 aromatic rings. The third-order valence-corrected chi connectivity index (χ3v) is 8.91. The van der Waals surface area contributed by atoms with Gasteiger partial charge in [0, 0.05) is 32.8 Å². The van der Waals surface area contributed by atoms with Crippen molar-refractivity contribution in [1.82, 2.24) is 0 Å². The summed E-state index contributed by atoms with van der Waals surface area (Å²) in [7, 11) is 0. The van der Waals surface area contributed by atoms with Gasteiger partial charge in [0.15, 0.2) is 0 Å². The van der Waals surface area contributed by atoms with Crippen LogP contribution in [0.3, 0.4) is 0 Å². The van der Waals surface area contributed by atoms with Gasteiger partial charge in [-0.25, -0.2) is 0 Å². The molecule has 0 heterocycles. The first kappa shape index (κ1) is 20.5. The molecule has 0 aromatic carbocycles. The molecule has 2 aliphatic rings. The molecule has 2 aliphatic carbocycles. The van der Waals surface area contributed by atoms with Crippen molar-refractivity contribution < 1.29 is 19.8 Å². The van der Waals surface area contributed by atoms with Gasteiger partial charge in [0.05, 0.1) is 11.8 Å². The number of halogens is 2. The maximum absolute atomic E-state index is 11.3. The standard InChI is InChI=1S/C16H24Cl2O4S2/c17-9-1-4-14(13(18)7-9)24-6-5-23-10-2-3-11(15(19)20)12(8-10)16(21)22/h9-14H,1-8H2,(H,19,20)(H,21,22). The van der Waals surface area contributed by atoms with Gasteiger partial charge >= 0.3 is 11.9 Å². The lowest BCUT2D eigenvalue weighted by molar-refractivity contribution is -0.155. The monoisotopic (exact) mass is 414 g/mol. The number of carboxylic acids is 2. The molecule has 2 rings (SSSR count). The van der Waals surface area contributed by atoms with Gasteiger partial charge in [0.1, 0.15) is 0 Å². The van der Waals surface area contributed by atoms with E-state index in [2.05, 4.69) is 0 Å². The largest absolute Gasteiger partial charge is 0.481 e. The van der Waals surface area contributed by atoms with E-state index in [-0.39, 0.29) is 16.0 Å². The first-order valence-corrected chi connectivity index (χ1v) is 11.3. The summed E-state index contributed by atoms with van der Waals surface area (Å²) in [5, 5.41) is 19.5. The van der Waals surface area contributed by atoms with E-state index in [1.54, 1.807) is 11.8 Å². The van der Waals surface area contributed by atoms with Gasteiger partial charge in [0.25, 0.3) is 0 Å². The summed E-state index contributed by atoms with van der Waals surface area (Å²) in [5.74, 6) is -1.52. The minimum atomic E-state index is -0.982. The highest BCUT2D eigenvalue weighted by Crippen LogP contribution is 2.38. The molecule has 2 fully saturated rings. The summed E-state index contributed by atoms with van der Waals surface area (Å²) >= 11 is 16.2. The van der Waals surface area contributed by atoms with Crippen LogP contribution in [-0.4, -0.2) is 54.9 Å². The zero-order chi connectivity index (χ0) is 17.7. The van der Waals surface area contributed by atoms with E-state index >= 15 is 0 Å². The molecule has 6 unspecified atom stereocenters. The number of thioether (sulfide) groups is 2. The van der Waals surface area contributed by atoms with Gasteiger partial charge in [0.2, 0.25) is 0 Å². The molecule has 0 bridgehead atoms. The lowest BCUT2D eigenvalue weighted by atomic mass is 9.79. The van der Waals surface area contributed by atoms with Crippen LogP contribution in [0.5, 0.6) is 0 Å². The van der Waals surface area contributed by atoms with Gasteiger partial charge in [-0.2, -0.15) is 23.5 Å². The van der Waals surface area contributed by atoms with E-state index in [1.807, 2.05) is 11.8 Å². The highest BCUT2D eigenvalue weighted by atomic mass is 35.5. The Hall–Kier alpha value is 0.220. The highest BCUT2D eigenvalue weighted by molar-refractivity contribution is 8.03. The molecule has 0 radical (unpaired) electrons. The summed E-state index contributed by atoms with van der Waals surface area (Å²) < 4.78 is 0. The molecule has 8 heteroatoms. The molecule has 0 saturated heterocycles. The minimum Gasteiger partial charge on any atom is -0.481 e. The molecular formula is C16H24Cl2O4S2. The number of carboxylic acid groups (broad SMARTS) is 2. The van der Waals surface area contributed by atoms with Gasteiger partial charge in [-0.15, -0.1) is 23.2 Å². The second kappa shape index (κ2) is 9.79. The van der Waals surface area contributed by atoms with Crippen LogP contribution in [0.25, 0.3) is 0 Å². The van der Waals surface area contributed by atoms with Crippen molar-refractivity contribution in [2.75, 3.05) is 11.5 Å². The van der Waals surface area contributed by atoms with Gasteiger partial charge in [-0.05, 0) is 38.5 Å². The van der Waals surface area contributed by atoms with Crippen molar-refractivity contribution in [1.29, 1.82) is 0 Å².